The number of Topliss-reactive ketones (excluding diaryl/α,β-unsaturated/α-hetero) is 1. The molecular formula is C18H23N3O5S. The summed E-state index contributed by atoms with van der Waals surface area (Å²) >= 11 is 5.42. The maximum Gasteiger partial charge on any atom is 0.315 e. The summed E-state index contributed by atoms with van der Waals surface area (Å²) in [5.41, 5.74) is 1.51. The lowest BCUT2D eigenvalue weighted by Crippen LogP contribution is -2.47. The summed E-state index contributed by atoms with van der Waals surface area (Å²) in [6.45, 7) is 7.91. The van der Waals surface area contributed by atoms with Crippen molar-refractivity contribution in [1.29, 1.82) is 0 Å². The Morgan fingerprint density at radius 1 is 1.41 bits per heavy atom. The number of hydrogen-bond acceptors (Lipinski definition) is 6. The van der Waals surface area contributed by atoms with E-state index in [2.05, 4.69) is 5.32 Å². The topological polar surface area (TPSA) is 93.9 Å². The number of nitrogens with zero attached hydrogens (tertiary/aromatic N) is 2. The molecule has 146 valence electrons. The summed E-state index contributed by atoms with van der Waals surface area (Å²) in [4.78, 5) is 25.2. The summed E-state index contributed by atoms with van der Waals surface area (Å²) < 4.78 is 10.7. The second-order valence-electron chi connectivity index (χ2n) is 5.94. The van der Waals surface area contributed by atoms with Crippen molar-refractivity contribution in [3.8, 4) is 11.5 Å². The minimum absolute atomic E-state index is 0.0456. The van der Waals surface area contributed by atoms with E-state index in [1.165, 1.54) is 20.1 Å². The summed E-state index contributed by atoms with van der Waals surface area (Å²) in [6.07, 6.45) is 0. The van der Waals surface area contributed by atoms with Crippen molar-refractivity contribution in [2.75, 3.05) is 20.3 Å². The molecule has 0 amide bonds. The molecule has 0 fully saturated rings. The van der Waals surface area contributed by atoms with Gasteiger partial charge >= 0.3 is 5.69 Å². The minimum atomic E-state index is -0.610. The highest BCUT2D eigenvalue weighted by atomic mass is 32.1. The lowest BCUT2D eigenvalue weighted by Gasteiger charge is -2.37. The van der Waals surface area contributed by atoms with Gasteiger partial charge in [0.25, 0.3) is 0 Å². The number of benzene rings is 1. The molecule has 1 aliphatic heterocycles. The lowest BCUT2D eigenvalue weighted by molar-refractivity contribution is -0.385. The van der Waals surface area contributed by atoms with E-state index in [1.54, 1.807) is 13.0 Å². The fourth-order valence-corrected chi connectivity index (χ4v) is 3.63. The number of rotatable bonds is 7. The number of nitrogens with one attached hydrogen (secondary N) is 1. The summed E-state index contributed by atoms with van der Waals surface area (Å²) in [5.74, 6) is 0.155. The van der Waals surface area contributed by atoms with Gasteiger partial charge in [0.1, 0.15) is 0 Å². The Bertz CT molecular complexity index is 821. The zero-order valence-electron chi connectivity index (χ0n) is 16.0. The van der Waals surface area contributed by atoms with E-state index in [4.69, 9.17) is 21.7 Å². The largest absolute Gasteiger partial charge is 0.490 e. The van der Waals surface area contributed by atoms with Crippen LogP contribution in [0.4, 0.5) is 5.69 Å². The number of nitro benzene ring substituents is 1. The van der Waals surface area contributed by atoms with E-state index in [0.29, 0.717) is 29.4 Å². The highest BCUT2D eigenvalue weighted by Crippen LogP contribution is 2.42. The molecule has 0 saturated heterocycles. The van der Waals surface area contributed by atoms with Gasteiger partial charge in [-0.2, -0.15) is 0 Å². The minimum Gasteiger partial charge on any atom is -0.490 e. The fourth-order valence-electron chi connectivity index (χ4n) is 3.25. The molecule has 1 atom stereocenters. The van der Waals surface area contributed by atoms with E-state index < -0.39 is 11.0 Å². The van der Waals surface area contributed by atoms with E-state index in [9.17, 15) is 14.9 Å². The van der Waals surface area contributed by atoms with Gasteiger partial charge in [-0.25, -0.2) is 0 Å². The van der Waals surface area contributed by atoms with Crippen molar-refractivity contribution < 1.29 is 19.2 Å². The van der Waals surface area contributed by atoms with E-state index in [0.717, 1.165) is 5.70 Å². The number of carbonyl (C=O) groups excluding carboxylic acids is 1. The summed E-state index contributed by atoms with van der Waals surface area (Å²) in [7, 11) is 1.35. The van der Waals surface area contributed by atoms with Crippen LogP contribution in [-0.2, 0) is 4.79 Å². The van der Waals surface area contributed by atoms with Gasteiger partial charge < -0.3 is 19.7 Å². The molecule has 0 bridgehead atoms. The van der Waals surface area contributed by atoms with Crippen molar-refractivity contribution in [2.45, 2.75) is 33.7 Å². The molecular weight excluding hydrogens is 370 g/mol. The second kappa shape index (κ2) is 8.34. The molecule has 9 heteroatoms. The molecule has 0 aromatic heterocycles. The molecule has 1 aromatic carbocycles. The molecule has 1 unspecified atom stereocenters. The normalized spacial score (nSPS) is 16.9. The van der Waals surface area contributed by atoms with Gasteiger partial charge in [-0.15, -0.1) is 0 Å². The van der Waals surface area contributed by atoms with E-state index in [1.807, 2.05) is 18.7 Å². The van der Waals surface area contributed by atoms with Crippen LogP contribution in [0.25, 0.3) is 0 Å². The maximum atomic E-state index is 12.4. The van der Waals surface area contributed by atoms with Crippen molar-refractivity contribution in [3.63, 3.8) is 0 Å². The lowest BCUT2D eigenvalue weighted by atomic mass is 9.92. The zero-order valence-corrected chi connectivity index (χ0v) is 16.8. The molecule has 27 heavy (non-hydrogen) atoms. The number of nitro groups is 1. The van der Waals surface area contributed by atoms with Crippen LogP contribution in [-0.4, -0.2) is 41.0 Å². The molecule has 0 spiro atoms. The number of thiocarbonyl (C=S) groups is 1. The predicted molar refractivity (Wildman–Crippen MR) is 105 cm³/mol. The standard InChI is InChI=1S/C18H23N3O5S/c1-6-20-10(3)15(11(4)22)16(19-18(20)27)12-8-13(21(23)24)17(25-5)14(9-12)26-7-2/h8-9,16H,6-7H2,1-5H3,(H,19,27). The Balaban J connectivity index is 2.71. The molecule has 1 N–H and O–H groups in total. The first-order chi connectivity index (χ1) is 12.8. The van der Waals surface area contributed by atoms with Crippen LogP contribution in [0, 0.1) is 10.1 Å². The third-order valence-corrected chi connectivity index (χ3v) is 4.72. The van der Waals surface area contributed by atoms with E-state index >= 15 is 0 Å². The second-order valence-corrected chi connectivity index (χ2v) is 6.33. The molecule has 0 radical (unpaired) electrons. The quantitative estimate of drug-likeness (QED) is 0.429. The van der Waals surface area contributed by atoms with Gasteiger partial charge in [0, 0.05) is 23.9 Å². The van der Waals surface area contributed by atoms with Gasteiger partial charge in [-0.1, -0.05) is 0 Å². The van der Waals surface area contributed by atoms with Crippen LogP contribution in [0.5, 0.6) is 11.5 Å². The molecule has 0 saturated carbocycles. The van der Waals surface area contributed by atoms with Gasteiger partial charge in [-0.3, -0.25) is 14.9 Å². The highest BCUT2D eigenvalue weighted by molar-refractivity contribution is 7.80. The molecule has 2 rings (SSSR count). The van der Waals surface area contributed by atoms with Gasteiger partial charge in [0.15, 0.2) is 16.6 Å². The Morgan fingerprint density at radius 2 is 2.07 bits per heavy atom. The molecule has 8 nitrogen and oxygen atoms in total. The average Bonchev–Trinajstić information content (AvgIpc) is 2.60. The third-order valence-electron chi connectivity index (χ3n) is 4.38. The summed E-state index contributed by atoms with van der Waals surface area (Å²) in [5, 5.41) is 15.1. The fraction of sp³-hybridized carbons (Fsp3) is 0.444. The van der Waals surface area contributed by atoms with Gasteiger partial charge in [0.05, 0.1) is 24.7 Å². The number of ether oxygens (including phenoxy) is 2. The molecule has 1 aliphatic rings. The maximum absolute atomic E-state index is 12.4. The van der Waals surface area contributed by atoms with Crippen LogP contribution in [0.3, 0.4) is 0 Å². The summed E-state index contributed by atoms with van der Waals surface area (Å²) in [6, 6.07) is 2.43. The van der Waals surface area contributed by atoms with Gasteiger partial charge in [-0.05, 0) is 51.5 Å². The monoisotopic (exact) mass is 393 g/mol. The molecule has 1 aromatic rings. The number of hydrogen-bond donors (Lipinski definition) is 1. The smallest absolute Gasteiger partial charge is 0.315 e. The Morgan fingerprint density at radius 3 is 2.56 bits per heavy atom. The first kappa shape index (κ1) is 20.6. The van der Waals surface area contributed by atoms with Crippen LogP contribution < -0.4 is 14.8 Å². The Labute approximate surface area is 163 Å². The first-order valence-corrected chi connectivity index (χ1v) is 8.96. The number of methoxy groups -OCH3 is 1. The first-order valence-electron chi connectivity index (χ1n) is 8.55. The molecule has 0 aliphatic carbocycles. The highest BCUT2D eigenvalue weighted by Gasteiger charge is 2.34. The van der Waals surface area contributed by atoms with E-state index in [-0.39, 0.29) is 23.0 Å². The van der Waals surface area contributed by atoms with Crippen molar-refractivity contribution in [3.05, 3.63) is 39.1 Å². The van der Waals surface area contributed by atoms with Crippen LogP contribution >= 0.6 is 12.2 Å². The van der Waals surface area contributed by atoms with Gasteiger partial charge in [0.2, 0.25) is 5.75 Å². The average molecular weight is 393 g/mol. The molecule has 1 heterocycles. The third kappa shape index (κ3) is 3.87. The van der Waals surface area contributed by atoms with Crippen LogP contribution in [0.1, 0.15) is 39.3 Å². The van der Waals surface area contributed by atoms with Crippen LogP contribution in [0.2, 0.25) is 0 Å². The van der Waals surface area contributed by atoms with Crippen molar-refractivity contribution in [1.82, 2.24) is 10.2 Å². The van der Waals surface area contributed by atoms with Crippen LogP contribution in [0.15, 0.2) is 23.4 Å². The zero-order chi connectivity index (χ0) is 20.3. The predicted octanol–water partition coefficient (Wildman–Crippen LogP) is 3.12. The van der Waals surface area contributed by atoms with Crippen molar-refractivity contribution in [2.24, 2.45) is 0 Å². The van der Waals surface area contributed by atoms with Crippen molar-refractivity contribution >= 4 is 28.8 Å². The number of allylic oxidation sites excluding steroid dienone is 1. The number of ketones is 1. The Kier molecular flexibility index (Phi) is 6.37. The SMILES string of the molecule is CCOc1cc(C2NC(=S)N(CC)C(C)=C2C(C)=O)cc([N+](=O)[O-])c1OC. The Hall–Kier alpha value is -2.68. The number of carbonyl (C=O) groups is 1.